The van der Waals surface area contributed by atoms with Crippen molar-refractivity contribution in [3.63, 3.8) is 0 Å². The van der Waals surface area contributed by atoms with E-state index in [0.717, 1.165) is 21.6 Å². The zero-order valence-electron chi connectivity index (χ0n) is 18.1. The van der Waals surface area contributed by atoms with Crippen molar-refractivity contribution in [1.82, 2.24) is 9.73 Å². The molecule has 0 bridgehead atoms. The standard InChI is InChI=1S/C24H25N3O3S2/c1-18-4-14-23(15-5-18)32(29,30)27(2)17-20-6-10-21(11-7-20)24(28)26-25-16-19-8-12-22(31-3)13-9-19/h4-16H,17H2,1-3H3,(H,26,28). The average molecular weight is 468 g/mol. The molecule has 0 spiro atoms. The Bertz CT molecular complexity index is 1190. The molecule has 8 heteroatoms. The molecule has 0 saturated heterocycles. The van der Waals surface area contributed by atoms with Gasteiger partial charge in [-0.2, -0.15) is 9.41 Å². The predicted octanol–water partition coefficient (Wildman–Crippen LogP) is 4.30. The first-order valence-corrected chi connectivity index (χ1v) is 12.6. The summed E-state index contributed by atoms with van der Waals surface area (Å²) in [6.45, 7) is 2.11. The van der Waals surface area contributed by atoms with E-state index in [9.17, 15) is 13.2 Å². The Morgan fingerprint density at radius 1 is 1.00 bits per heavy atom. The fourth-order valence-corrected chi connectivity index (χ4v) is 4.48. The summed E-state index contributed by atoms with van der Waals surface area (Å²) in [6.07, 6.45) is 3.59. The fourth-order valence-electron chi connectivity index (χ4n) is 2.91. The molecule has 0 fully saturated rings. The molecule has 1 amide bonds. The molecule has 3 rings (SSSR count). The minimum Gasteiger partial charge on any atom is -0.267 e. The van der Waals surface area contributed by atoms with E-state index in [-0.39, 0.29) is 17.3 Å². The van der Waals surface area contributed by atoms with Crippen molar-refractivity contribution in [2.75, 3.05) is 13.3 Å². The van der Waals surface area contributed by atoms with Crippen molar-refractivity contribution in [3.8, 4) is 0 Å². The van der Waals surface area contributed by atoms with Gasteiger partial charge in [0.05, 0.1) is 11.1 Å². The molecule has 0 unspecified atom stereocenters. The third-order valence-electron chi connectivity index (χ3n) is 4.85. The van der Waals surface area contributed by atoms with Crippen molar-refractivity contribution in [2.45, 2.75) is 23.3 Å². The van der Waals surface area contributed by atoms with E-state index in [0.29, 0.717) is 5.56 Å². The maximum atomic E-state index is 12.7. The van der Waals surface area contributed by atoms with Crippen molar-refractivity contribution in [2.24, 2.45) is 5.10 Å². The Labute approximate surface area is 193 Å². The van der Waals surface area contributed by atoms with Crippen LogP contribution in [0, 0.1) is 6.92 Å². The van der Waals surface area contributed by atoms with Crippen molar-refractivity contribution < 1.29 is 13.2 Å². The number of hydrogen-bond donors (Lipinski definition) is 1. The minimum atomic E-state index is -3.59. The van der Waals surface area contributed by atoms with Crippen LogP contribution in [0.5, 0.6) is 0 Å². The van der Waals surface area contributed by atoms with Gasteiger partial charge in [-0.15, -0.1) is 11.8 Å². The predicted molar refractivity (Wildman–Crippen MR) is 130 cm³/mol. The molecule has 0 aromatic heterocycles. The molecule has 6 nitrogen and oxygen atoms in total. The normalized spacial score (nSPS) is 11.8. The fraction of sp³-hybridized carbons (Fsp3) is 0.167. The van der Waals surface area contributed by atoms with Crippen LogP contribution in [-0.4, -0.2) is 38.1 Å². The van der Waals surface area contributed by atoms with Gasteiger partial charge in [0.15, 0.2) is 0 Å². The zero-order valence-corrected chi connectivity index (χ0v) is 19.8. The number of nitrogens with zero attached hydrogens (tertiary/aromatic N) is 2. The molecule has 3 aromatic rings. The number of carbonyl (C=O) groups excluding carboxylic acids is 1. The first kappa shape index (κ1) is 23.7. The number of amides is 1. The third kappa shape index (κ3) is 6.06. The molecule has 0 saturated carbocycles. The number of hydrogen-bond acceptors (Lipinski definition) is 5. The largest absolute Gasteiger partial charge is 0.271 e. The second-order valence-corrected chi connectivity index (χ2v) is 10.2. The SMILES string of the molecule is CSc1ccc(C=NNC(=O)c2ccc(CN(C)S(=O)(=O)c3ccc(C)cc3)cc2)cc1. The van der Waals surface area contributed by atoms with E-state index < -0.39 is 10.0 Å². The van der Waals surface area contributed by atoms with Gasteiger partial charge >= 0.3 is 0 Å². The quantitative estimate of drug-likeness (QED) is 0.304. The van der Waals surface area contributed by atoms with Crippen molar-refractivity contribution in [1.29, 1.82) is 0 Å². The number of aryl methyl sites for hydroxylation is 1. The lowest BCUT2D eigenvalue weighted by atomic mass is 10.1. The summed E-state index contributed by atoms with van der Waals surface area (Å²) in [6, 6.07) is 21.4. The second kappa shape index (κ2) is 10.6. The summed E-state index contributed by atoms with van der Waals surface area (Å²) in [7, 11) is -2.05. The summed E-state index contributed by atoms with van der Waals surface area (Å²) in [5, 5.41) is 4.00. The Morgan fingerprint density at radius 3 is 2.22 bits per heavy atom. The minimum absolute atomic E-state index is 0.197. The summed E-state index contributed by atoms with van der Waals surface area (Å²) < 4.78 is 26.8. The second-order valence-electron chi connectivity index (χ2n) is 7.24. The van der Waals surface area contributed by atoms with Gasteiger partial charge in [0, 0.05) is 24.1 Å². The van der Waals surface area contributed by atoms with Crippen LogP contribution in [0.3, 0.4) is 0 Å². The van der Waals surface area contributed by atoms with Gasteiger partial charge in [-0.25, -0.2) is 13.8 Å². The van der Waals surface area contributed by atoms with E-state index >= 15 is 0 Å². The zero-order chi connectivity index (χ0) is 23.1. The van der Waals surface area contributed by atoms with Crippen molar-refractivity contribution >= 4 is 33.9 Å². The van der Waals surface area contributed by atoms with Crippen LogP contribution in [0.25, 0.3) is 0 Å². The molecule has 0 aliphatic rings. The van der Waals surface area contributed by atoms with Gasteiger partial charge in [0.2, 0.25) is 10.0 Å². The number of carbonyl (C=O) groups is 1. The number of nitrogens with one attached hydrogen (secondary N) is 1. The van der Waals surface area contributed by atoms with Crippen LogP contribution in [0.2, 0.25) is 0 Å². The van der Waals surface area contributed by atoms with Gasteiger partial charge in [0.25, 0.3) is 5.91 Å². The van der Waals surface area contributed by atoms with E-state index in [2.05, 4.69) is 10.5 Å². The maximum absolute atomic E-state index is 12.7. The molecule has 32 heavy (non-hydrogen) atoms. The van der Waals surface area contributed by atoms with Gasteiger partial charge in [-0.3, -0.25) is 4.79 Å². The van der Waals surface area contributed by atoms with E-state index in [1.807, 2.05) is 37.4 Å². The molecule has 1 N–H and O–H groups in total. The molecular weight excluding hydrogens is 442 g/mol. The van der Waals surface area contributed by atoms with Crippen LogP contribution >= 0.6 is 11.8 Å². The summed E-state index contributed by atoms with van der Waals surface area (Å²) >= 11 is 1.66. The molecule has 0 atom stereocenters. The Morgan fingerprint density at radius 2 is 1.62 bits per heavy atom. The average Bonchev–Trinajstić information content (AvgIpc) is 2.80. The highest BCUT2D eigenvalue weighted by atomic mass is 32.2. The summed E-state index contributed by atoms with van der Waals surface area (Å²) in [5.74, 6) is -0.339. The first-order chi connectivity index (χ1) is 15.3. The monoisotopic (exact) mass is 467 g/mol. The van der Waals surface area contributed by atoms with Gasteiger partial charge < -0.3 is 0 Å². The van der Waals surface area contributed by atoms with Gasteiger partial charge in [-0.1, -0.05) is 42.0 Å². The molecule has 166 valence electrons. The molecule has 3 aromatic carbocycles. The molecule has 0 radical (unpaired) electrons. The van der Waals surface area contributed by atoms with Gasteiger partial charge in [-0.05, 0) is 60.7 Å². The molecule has 0 aliphatic heterocycles. The lowest BCUT2D eigenvalue weighted by Gasteiger charge is -2.17. The topological polar surface area (TPSA) is 78.8 Å². The van der Waals surface area contributed by atoms with Crippen LogP contribution in [0.1, 0.15) is 27.0 Å². The Balaban J connectivity index is 1.59. The van der Waals surface area contributed by atoms with E-state index in [1.54, 1.807) is 66.5 Å². The van der Waals surface area contributed by atoms with Crippen LogP contribution < -0.4 is 5.43 Å². The lowest BCUT2D eigenvalue weighted by molar-refractivity contribution is 0.0955. The van der Waals surface area contributed by atoms with Crippen LogP contribution in [-0.2, 0) is 16.6 Å². The number of benzene rings is 3. The molecule has 0 aliphatic carbocycles. The van der Waals surface area contributed by atoms with E-state index in [1.165, 1.54) is 11.4 Å². The van der Waals surface area contributed by atoms with E-state index in [4.69, 9.17) is 0 Å². The van der Waals surface area contributed by atoms with Gasteiger partial charge in [0.1, 0.15) is 0 Å². The van der Waals surface area contributed by atoms with Crippen molar-refractivity contribution in [3.05, 3.63) is 95.1 Å². The maximum Gasteiger partial charge on any atom is 0.271 e. The Kier molecular flexibility index (Phi) is 7.84. The molecule has 0 heterocycles. The molecular formula is C24H25N3O3S2. The lowest BCUT2D eigenvalue weighted by Crippen LogP contribution is -2.26. The highest BCUT2D eigenvalue weighted by molar-refractivity contribution is 7.98. The Hall–Kier alpha value is -2.94. The van der Waals surface area contributed by atoms with Crippen LogP contribution in [0.15, 0.2) is 87.7 Å². The number of thioether (sulfide) groups is 1. The smallest absolute Gasteiger partial charge is 0.267 e. The summed E-state index contributed by atoms with van der Waals surface area (Å²) in [4.78, 5) is 13.7. The number of rotatable bonds is 8. The highest BCUT2D eigenvalue weighted by Gasteiger charge is 2.20. The number of hydrazone groups is 1. The third-order valence-corrected chi connectivity index (χ3v) is 7.41. The highest BCUT2D eigenvalue weighted by Crippen LogP contribution is 2.18. The summed E-state index contributed by atoms with van der Waals surface area (Å²) in [5.41, 5.74) is 5.60. The number of sulfonamides is 1. The van der Waals surface area contributed by atoms with Crippen LogP contribution in [0.4, 0.5) is 0 Å². The first-order valence-electron chi connectivity index (χ1n) is 9.89.